The maximum absolute atomic E-state index is 4.22. The third kappa shape index (κ3) is 3.10. The number of rotatable bonds is 4. The van der Waals surface area contributed by atoms with Crippen molar-refractivity contribution in [3.63, 3.8) is 0 Å². The van der Waals surface area contributed by atoms with Crippen LogP contribution < -0.4 is 5.32 Å². The lowest BCUT2D eigenvalue weighted by atomic mass is 10.1. The molecule has 1 N–H and O–H groups in total. The van der Waals surface area contributed by atoms with Crippen molar-refractivity contribution in [1.82, 2.24) is 24.9 Å². The van der Waals surface area contributed by atoms with E-state index in [9.17, 15) is 0 Å². The molecule has 2 unspecified atom stereocenters. The molecule has 1 aliphatic heterocycles. The molecule has 5 heteroatoms. The molecule has 0 saturated carbocycles. The lowest BCUT2D eigenvalue weighted by Gasteiger charge is -2.38. The molecule has 2 heterocycles. The van der Waals surface area contributed by atoms with Crippen LogP contribution in [-0.4, -0.2) is 65.9 Å². The molecule has 0 spiro atoms. The largest absolute Gasteiger partial charge is 0.307 e. The van der Waals surface area contributed by atoms with Gasteiger partial charge in [-0.3, -0.25) is 9.58 Å². The average molecular weight is 251 g/mol. The minimum Gasteiger partial charge on any atom is -0.307 e. The molecule has 2 atom stereocenters. The molecule has 0 amide bonds. The van der Waals surface area contributed by atoms with E-state index in [4.69, 9.17) is 0 Å². The summed E-state index contributed by atoms with van der Waals surface area (Å²) in [5, 5.41) is 7.83. The van der Waals surface area contributed by atoms with E-state index < -0.39 is 0 Å². The molecule has 1 fully saturated rings. The lowest BCUT2D eigenvalue weighted by molar-refractivity contribution is 0.111. The maximum atomic E-state index is 4.22. The van der Waals surface area contributed by atoms with Crippen molar-refractivity contribution >= 4 is 0 Å². The van der Waals surface area contributed by atoms with E-state index >= 15 is 0 Å². The highest BCUT2D eigenvalue weighted by atomic mass is 15.3. The van der Waals surface area contributed by atoms with Gasteiger partial charge in [0.05, 0.1) is 5.69 Å². The molecule has 1 saturated heterocycles. The minimum absolute atomic E-state index is 0.345. The normalized spacial score (nSPS) is 24.3. The smallest absolute Gasteiger partial charge is 0.0547 e. The number of aryl methyl sites for hydroxylation is 1. The molecule has 0 bridgehead atoms. The molecule has 18 heavy (non-hydrogen) atoms. The van der Waals surface area contributed by atoms with Gasteiger partial charge in [0.15, 0.2) is 0 Å². The molecule has 1 aromatic heterocycles. The fourth-order valence-electron chi connectivity index (χ4n) is 2.55. The van der Waals surface area contributed by atoms with E-state index in [1.54, 1.807) is 0 Å². The first-order chi connectivity index (χ1) is 8.58. The highest BCUT2D eigenvalue weighted by molar-refractivity contribution is 5.05. The van der Waals surface area contributed by atoms with E-state index in [0.717, 1.165) is 19.6 Å². The molecular formula is C13H25N5. The van der Waals surface area contributed by atoms with Crippen molar-refractivity contribution in [3.8, 4) is 0 Å². The standard InChI is InChI=1S/C13H25N5/c1-11(13-5-6-15-18(13)4)14-9-12-10-16(2)7-8-17(12)3/h5-6,11-12,14H,7-10H2,1-4H3. The summed E-state index contributed by atoms with van der Waals surface area (Å²) in [4.78, 5) is 4.85. The van der Waals surface area contributed by atoms with Gasteiger partial charge in [-0.25, -0.2) is 0 Å². The zero-order valence-corrected chi connectivity index (χ0v) is 11.9. The minimum atomic E-state index is 0.345. The number of hydrogen-bond acceptors (Lipinski definition) is 4. The molecule has 0 aliphatic carbocycles. The summed E-state index contributed by atoms with van der Waals surface area (Å²) in [5.74, 6) is 0. The van der Waals surface area contributed by atoms with Gasteiger partial charge in [-0.05, 0) is 27.1 Å². The zero-order valence-electron chi connectivity index (χ0n) is 11.9. The summed E-state index contributed by atoms with van der Waals surface area (Å²) < 4.78 is 1.94. The number of hydrogen-bond donors (Lipinski definition) is 1. The Labute approximate surface area is 110 Å². The Morgan fingerprint density at radius 2 is 2.17 bits per heavy atom. The van der Waals surface area contributed by atoms with Crippen LogP contribution in [0.15, 0.2) is 12.3 Å². The van der Waals surface area contributed by atoms with Crippen LogP contribution in [-0.2, 0) is 7.05 Å². The molecule has 0 radical (unpaired) electrons. The second-order valence-corrected chi connectivity index (χ2v) is 5.41. The van der Waals surface area contributed by atoms with E-state index in [-0.39, 0.29) is 0 Å². The first-order valence-corrected chi connectivity index (χ1v) is 6.68. The van der Waals surface area contributed by atoms with Gasteiger partial charge in [-0.15, -0.1) is 0 Å². The quantitative estimate of drug-likeness (QED) is 0.836. The first-order valence-electron chi connectivity index (χ1n) is 6.68. The number of likely N-dealkylation sites (N-methyl/N-ethyl adjacent to an activating group) is 2. The SMILES string of the molecule is CC(NCC1CN(C)CCN1C)c1ccnn1C. The second kappa shape index (κ2) is 5.82. The van der Waals surface area contributed by atoms with Gasteiger partial charge in [0.1, 0.15) is 0 Å². The second-order valence-electron chi connectivity index (χ2n) is 5.41. The average Bonchev–Trinajstić information content (AvgIpc) is 2.76. The van der Waals surface area contributed by atoms with Crippen molar-refractivity contribution in [2.24, 2.45) is 7.05 Å². The Balaban J connectivity index is 1.85. The van der Waals surface area contributed by atoms with Gasteiger partial charge < -0.3 is 10.2 Å². The van der Waals surface area contributed by atoms with Crippen LogP contribution in [0, 0.1) is 0 Å². The Kier molecular flexibility index (Phi) is 4.37. The molecule has 5 nitrogen and oxygen atoms in total. The first kappa shape index (κ1) is 13.5. The van der Waals surface area contributed by atoms with Gasteiger partial charge in [-0.2, -0.15) is 5.10 Å². The number of aromatic nitrogens is 2. The van der Waals surface area contributed by atoms with Crippen LogP contribution in [0.5, 0.6) is 0 Å². The summed E-state index contributed by atoms with van der Waals surface area (Å²) in [6.45, 7) is 6.69. The molecule has 1 aromatic rings. The van der Waals surface area contributed by atoms with Crippen LogP contribution in [0.1, 0.15) is 18.7 Å². The Bertz CT molecular complexity index is 375. The molecule has 1 aliphatic rings. The van der Waals surface area contributed by atoms with E-state index in [1.165, 1.54) is 12.2 Å². The summed E-state index contributed by atoms with van der Waals surface area (Å²) in [7, 11) is 6.41. The van der Waals surface area contributed by atoms with Gasteiger partial charge in [0.2, 0.25) is 0 Å². The van der Waals surface area contributed by atoms with Crippen LogP contribution in [0.3, 0.4) is 0 Å². The number of nitrogens with one attached hydrogen (secondary N) is 1. The van der Waals surface area contributed by atoms with Crippen molar-refractivity contribution in [1.29, 1.82) is 0 Å². The van der Waals surface area contributed by atoms with E-state index in [0.29, 0.717) is 12.1 Å². The Morgan fingerprint density at radius 3 is 2.83 bits per heavy atom. The van der Waals surface area contributed by atoms with Crippen LogP contribution in [0.25, 0.3) is 0 Å². The number of nitrogens with zero attached hydrogens (tertiary/aromatic N) is 4. The fraction of sp³-hybridized carbons (Fsp3) is 0.769. The van der Waals surface area contributed by atoms with E-state index in [1.807, 2.05) is 17.9 Å². The number of piperazine rings is 1. The fourth-order valence-corrected chi connectivity index (χ4v) is 2.55. The van der Waals surface area contributed by atoms with Crippen LogP contribution in [0.4, 0.5) is 0 Å². The predicted molar refractivity (Wildman–Crippen MR) is 73.5 cm³/mol. The van der Waals surface area contributed by atoms with Crippen molar-refractivity contribution in [2.75, 3.05) is 40.3 Å². The Morgan fingerprint density at radius 1 is 1.39 bits per heavy atom. The van der Waals surface area contributed by atoms with Gasteiger partial charge in [0, 0.05) is 51.5 Å². The highest BCUT2D eigenvalue weighted by Gasteiger charge is 2.22. The van der Waals surface area contributed by atoms with Gasteiger partial charge >= 0.3 is 0 Å². The summed E-state index contributed by atoms with van der Waals surface area (Å²) in [5.41, 5.74) is 1.24. The van der Waals surface area contributed by atoms with Crippen LogP contribution >= 0.6 is 0 Å². The summed E-state index contributed by atoms with van der Waals surface area (Å²) in [6.07, 6.45) is 1.86. The van der Waals surface area contributed by atoms with Crippen LogP contribution in [0.2, 0.25) is 0 Å². The molecule has 102 valence electrons. The topological polar surface area (TPSA) is 36.3 Å². The summed E-state index contributed by atoms with van der Waals surface area (Å²) >= 11 is 0. The molecular weight excluding hydrogens is 226 g/mol. The summed E-state index contributed by atoms with van der Waals surface area (Å²) in [6, 6.07) is 3.02. The third-order valence-corrected chi connectivity index (χ3v) is 3.94. The van der Waals surface area contributed by atoms with E-state index in [2.05, 4.69) is 47.3 Å². The highest BCUT2D eigenvalue weighted by Crippen LogP contribution is 2.11. The Hall–Kier alpha value is -0.910. The van der Waals surface area contributed by atoms with Gasteiger partial charge in [0.25, 0.3) is 0 Å². The monoisotopic (exact) mass is 251 g/mol. The predicted octanol–water partition coefficient (Wildman–Crippen LogP) is 0.317. The van der Waals surface area contributed by atoms with Crippen molar-refractivity contribution in [3.05, 3.63) is 18.0 Å². The lowest BCUT2D eigenvalue weighted by Crippen LogP contribution is -2.54. The molecule has 2 rings (SSSR count). The van der Waals surface area contributed by atoms with Gasteiger partial charge in [-0.1, -0.05) is 0 Å². The zero-order chi connectivity index (χ0) is 13.1. The third-order valence-electron chi connectivity index (χ3n) is 3.94. The van der Waals surface area contributed by atoms with Crippen molar-refractivity contribution in [2.45, 2.75) is 19.0 Å². The maximum Gasteiger partial charge on any atom is 0.0547 e. The van der Waals surface area contributed by atoms with Crippen molar-refractivity contribution < 1.29 is 0 Å². The molecule has 0 aromatic carbocycles.